The van der Waals surface area contributed by atoms with E-state index in [0.29, 0.717) is 11.4 Å². The van der Waals surface area contributed by atoms with Gasteiger partial charge >= 0.3 is 5.97 Å². The molecule has 24 heavy (non-hydrogen) atoms. The molecule has 0 aliphatic heterocycles. The number of amides is 1. The number of carboxylic acids is 1. The lowest BCUT2D eigenvalue weighted by atomic mass is 10.1. The number of carbonyl (C=O) groups excluding carboxylic acids is 1. The summed E-state index contributed by atoms with van der Waals surface area (Å²) in [7, 11) is 0. The van der Waals surface area contributed by atoms with Crippen molar-refractivity contribution in [2.45, 2.75) is 26.4 Å². The lowest BCUT2D eigenvalue weighted by Crippen LogP contribution is -2.36. The molecule has 0 saturated carbocycles. The van der Waals surface area contributed by atoms with Crippen LogP contribution >= 0.6 is 0 Å². The maximum absolute atomic E-state index is 12.7. The number of carbonyl (C=O) groups is 2. The molecule has 0 fully saturated rings. The van der Waals surface area contributed by atoms with E-state index < -0.39 is 5.97 Å². The first kappa shape index (κ1) is 17.5. The Hall–Kier alpha value is -2.82. The van der Waals surface area contributed by atoms with Crippen molar-refractivity contribution >= 4 is 17.6 Å². The minimum Gasteiger partial charge on any atom is -0.491 e. The largest absolute Gasteiger partial charge is 0.491 e. The molecule has 1 amide bonds. The summed E-state index contributed by atoms with van der Waals surface area (Å²) in [5, 5.41) is 9.12. The van der Waals surface area contributed by atoms with Gasteiger partial charge in [-0.05, 0) is 32.0 Å². The summed E-state index contributed by atoms with van der Waals surface area (Å²) in [6.07, 6.45) is 0.0657. The predicted octanol–water partition coefficient (Wildman–Crippen LogP) is 3.13. The molecule has 0 bridgehead atoms. The molecule has 0 spiro atoms. The van der Waals surface area contributed by atoms with Crippen LogP contribution in [0, 0.1) is 0 Å². The van der Waals surface area contributed by atoms with E-state index in [1.165, 1.54) is 4.90 Å². The Morgan fingerprint density at radius 2 is 1.67 bits per heavy atom. The molecular formula is C19H21NO4. The van der Waals surface area contributed by atoms with Gasteiger partial charge in [-0.3, -0.25) is 9.59 Å². The maximum Gasteiger partial charge on any atom is 0.323 e. The van der Waals surface area contributed by atoms with Crippen molar-refractivity contribution in [2.75, 3.05) is 11.4 Å². The highest BCUT2D eigenvalue weighted by Gasteiger charge is 2.20. The van der Waals surface area contributed by atoms with Gasteiger partial charge in [0.05, 0.1) is 12.5 Å². The number of rotatable bonds is 7. The summed E-state index contributed by atoms with van der Waals surface area (Å²) in [6.45, 7) is 3.45. The van der Waals surface area contributed by atoms with Crippen LogP contribution in [0.1, 0.15) is 19.4 Å². The summed E-state index contributed by atoms with van der Waals surface area (Å²) < 4.78 is 5.73. The predicted molar refractivity (Wildman–Crippen MR) is 92.3 cm³/mol. The first-order chi connectivity index (χ1) is 11.5. The number of anilines is 1. The molecule has 0 aliphatic carbocycles. The van der Waals surface area contributed by atoms with Crippen LogP contribution in [0.2, 0.25) is 0 Å². The normalized spacial score (nSPS) is 10.5. The van der Waals surface area contributed by atoms with Crippen LogP contribution in [-0.2, 0) is 16.0 Å². The Balaban J connectivity index is 2.24. The highest BCUT2D eigenvalue weighted by molar-refractivity contribution is 5.98. The Labute approximate surface area is 141 Å². The summed E-state index contributed by atoms with van der Waals surface area (Å²) in [4.78, 5) is 25.1. The molecule has 0 unspecified atom stereocenters. The molecule has 5 nitrogen and oxygen atoms in total. The second kappa shape index (κ2) is 8.15. The first-order valence-corrected chi connectivity index (χ1v) is 7.79. The van der Waals surface area contributed by atoms with Gasteiger partial charge in [-0.2, -0.15) is 0 Å². The Kier molecular flexibility index (Phi) is 5.95. The number of nitrogens with zero attached hydrogens (tertiary/aromatic N) is 1. The average Bonchev–Trinajstić information content (AvgIpc) is 2.54. The van der Waals surface area contributed by atoms with E-state index in [-0.39, 0.29) is 25.0 Å². The van der Waals surface area contributed by atoms with Crippen LogP contribution in [0.25, 0.3) is 0 Å². The Morgan fingerprint density at radius 3 is 2.29 bits per heavy atom. The second-order valence-electron chi connectivity index (χ2n) is 5.66. The van der Waals surface area contributed by atoms with E-state index in [4.69, 9.17) is 9.84 Å². The molecule has 5 heteroatoms. The lowest BCUT2D eigenvalue weighted by Gasteiger charge is -2.22. The van der Waals surface area contributed by atoms with Crippen molar-refractivity contribution in [2.24, 2.45) is 0 Å². The van der Waals surface area contributed by atoms with Crippen LogP contribution in [0.5, 0.6) is 5.75 Å². The molecular weight excluding hydrogens is 306 g/mol. The third-order valence-corrected chi connectivity index (χ3v) is 3.34. The van der Waals surface area contributed by atoms with Crippen LogP contribution < -0.4 is 9.64 Å². The molecule has 126 valence electrons. The monoisotopic (exact) mass is 327 g/mol. The minimum atomic E-state index is -1.06. The molecule has 2 aromatic rings. The molecule has 2 rings (SSSR count). The molecule has 0 saturated heterocycles. The quantitative estimate of drug-likeness (QED) is 0.848. The van der Waals surface area contributed by atoms with Crippen LogP contribution in [0.4, 0.5) is 5.69 Å². The van der Waals surface area contributed by atoms with E-state index >= 15 is 0 Å². The van der Waals surface area contributed by atoms with Gasteiger partial charge in [0, 0.05) is 11.3 Å². The fourth-order valence-electron chi connectivity index (χ4n) is 2.34. The van der Waals surface area contributed by atoms with Gasteiger partial charge < -0.3 is 14.7 Å². The zero-order valence-electron chi connectivity index (χ0n) is 13.8. The molecule has 0 heterocycles. The summed E-state index contributed by atoms with van der Waals surface area (Å²) >= 11 is 0. The molecule has 0 aromatic heterocycles. The summed E-state index contributed by atoms with van der Waals surface area (Å²) in [6, 6.07) is 16.1. The number of aliphatic carboxylic acids is 1. The SMILES string of the molecule is CC(C)Oc1ccccc1CC(=O)N(CC(=O)O)c1ccccc1. The molecule has 0 radical (unpaired) electrons. The number of carboxylic acid groups (broad SMARTS) is 1. The van der Waals surface area contributed by atoms with E-state index in [0.717, 1.165) is 5.56 Å². The fourth-order valence-corrected chi connectivity index (χ4v) is 2.34. The number of hydrogen-bond donors (Lipinski definition) is 1. The molecule has 0 aliphatic rings. The number of benzene rings is 2. The summed E-state index contributed by atoms with van der Waals surface area (Å²) in [5.74, 6) is -0.702. The summed E-state index contributed by atoms with van der Waals surface area (Å²) in [5.41, 5.74) is 1.30. The van der Waals surface area contributed by atoms with Crippen molar-refractivity contribution in [1.82, 2.24) is 0 Å². The van der Waals surface area contributed by atoms with Crippen LogP contribution in [0.15, 0.2) is 54.6 Å². The van der Waals surface area contributed by atoms with Gasteiger partial charge in [-0.1, -0.05) is 36.4 Å². The highest BCUT2D eigenvalue weighted by Crippen LogP contribution is 2.22. The average molecular weight is 327 g/mol. The van der Waals surface area contributed by atoms with Crippen LogP contribution in [-0.4, -0.2) is 29.6 Å². The lowest BCUT2D eigenvalue weighted by molar-refractivity contribution is -0.136. The van der Waals surface area contributed by atoms with Crippen molar-refractivity contribution in [3.05, 3.63) is 60.2 Å². The van der Waals surface area contributed by atoms with E-state index in [9.17, 15) is 9.59 Å². The van der Waals surface area contributed by atoms with E-state index in [2.05, 4.69) is 0 Å². The van der Waals surface area contributed by atoms with Gasteiger partial charge in [0.2, 0.25) is 5.91 Å². The Morgan fingerprint density at radius 1 is 1.04 bits per heavy atom. The van der Waals surface area contributed by atoms with Crippen LogP contribution in [0.3, 0.4) is 0 Å². The highest BCUT2D eigenvalue weighted by atomic mass is 16.5. The fraction of sp³-hybridized carbons (Fsp3) is 0.263. The topological polar surface area (TPSA) is 66.8 Å². The third kappa shape index (κ3) is 4.84. The first-order valence-electron chi connectivity index (χ1n) is 7.79. The third-order valence-electron chi connectivity index (χ3n) is 3.34. The van der Waals surface area contributed by atoms with Gasteiger partial charge in [0.15, 0.2) is 0 Å². The standard InChI is InChI=1S/C19H21NO4/c1-14(2)24-17-11-7-6-8-15(17)12-18(21)20(13-19(22)23)16-9-4-3-5-10-16/h3-11,14H,12-13H2,1-2H3,(H,22,23). The molecule has 2 aromatic carbocycles. The van der Waals surface area contributed by atoms with Crippen molar-refractivity contribution in [1.29, 1.82) is 0 Å². The number of ether oxygens (including phenoxy) is 1. The number of hydrogen-bond acceptors (Lipinski definition) is 3. The van der Waals surface area contributed by atoms with Gasteiger partial charge in [0.25, 0.3) is 0 Å². The maximum atomic E-state index is 12.7. The second-order valence-corrected chi connectivity index (χ2v) is 5.66. The van der Waals surface area contributed by atoms with Gasteiger partial charge in [0.1, 0.15) is 12.3 Å². The minimum absolute atomic E-state index is 0.00880. The van der Waals surface area contributed by atoms with Crippen molar-refractivity contribution < 1.29 is 19.4 Å². The van der Waals surface area contributed by atoms with Gasteiger partial charge in [-0.15, -0.1) is 0 Å². The Bertz CT molecular complexity index is 698. The van der Waals surface area contributed by atoms with E-state index in [1.807, 2.05) is 44.2 Å². The molecule has 0 atom stereocenters. The van der Waals surface area contributed by atoms with Gasteiger partial charge in [-0.25, -0.2) is 0 Å². The smallest absolute Gasteiger partial charge is 0.323 e. The van der Waals surface area contributed by atoms with Crippen molar-refractivity contribution in [3.8, 4) is 5.75 Å². The molecule has 1 N–H and O–H groups in total. The number of para-hydroxylation sites is 2. The van der Waals surface area contributed by atoms with Crippen molar-refractivity contribution in [3.63, 3.8) is 0 Å². The van der Waals surface area contributed by atoms with E-state index in [1.54, 1.807) is 24.3 Å². The zero-order valence-corrected chi connectivity index (χ0v) is 13.8. The zero-order chi connectivity index (χ0) is 17.5.